The molecule has 4 aliphatic heterocycles. The van der Waals surface area contributed by atoms with Crippen molar-refractivity contribution < 1.29 is 92.5 Å². The molecule has 5 aliphatic rings. The molecule has 3 N–H and O–H groups in total. The maximum absolute atomic E-state index is 15.0. The maximum Gasteiger partial charge on any atom is 0.534 e. The number of amides is 7. The number of carbonyl (C=O) groups excluding carboxylic acids is 7. The van der Waals surface area contributed by atoms with Crippen molar-refractivity contribution in [3.8, 4) is 34.1 Å². The molecule has 4 heterocycles. The molecule has 0 fully saturated rings. The first-order valence-corrected chi connectivity index (χ1v) is 42.0. The zero-order chi connectivity index (χ0) is 73.0. The Bertz CT molecular complexity index is 4150. The highest BCUT2D eigenvalue weighted by molar-refractivity contribution is 7.87. The van der Waals surface area contributed by atoms with Crippen LogP contribution in [0, 0.1) is 5.92 Å². The van der Waals surface area contributed by atoms with Crippen LogP contribution in [0.3, 0.4) is 0 Å². The lowest BCUT2D eigenvalue weighted by Crippen LogP contribution is -2.53. The van der Waals surface area contributed by atoms with E-state index in [4.69, 9.17) is 33.2 Å². The number of ether oxygens (including phenoxy) is 7. The molecule has 0 saturated carbocycles. The molecule has 2 unspecified atom stereocenters. The van der Waals surface area contributed by atoms with Crippen molar-refractivity contribution in [1.29, 1.82) is 0 Å². The first kappa shape index (κ1) is 74.5. The van der Waals surface area contributed by atoms with E-state index in [-0.39, 0.29) is 110 Å². The number of hydrogen-bond acceptors (Lipinski definition) is 17. The SMILES string of the molecule is COc1cc2c(cc1OCCCOc1cc3c(cc1OC)C(=O)N1C=C(c4ccc(NC(=O)[C@H](C)NC(=O)[C@@H](NC(=O)OCC5c6ccccc6-c6ccccc65)C(C)C)cc4)CC1C(=O)N3COCC[Si](C)(C)C)N(COCC[Si](C)(C)C)C(=O)C1CC(OS(=O)(=O)C(F)(F)F)=CN1C2=O. The predicted octanol–water partition coefficient (Wildman–Crippen LogP) is 11.1. The van der Waals surface area contributed by atoms with E-state index in [0.29, 0.717) is 29.5 Å². The number of halogens is 3. The molecule has 5 aromatic carbocycles. The first-order valence-electron chi connectivity index (χ1n) is 33.1. The van der Waals surface area contributed by atoms with E-state index in [1.165, 1.54) is 49.1 Å². The summed E-state index contributed by atoms with van der Waals surface area (Å²) in [5.41, 5.74) is 0.473. The van der Waals surface area contributed by atoms with Gasteiger partial charge < -0.3 is 58.2 Å². The number of alkyl halides is 3. The Morgan fingerprint density at radius 3 is 1.59 bits per heavy atom. The fourth-order valence-corrected chi connectivity index (χ4v) is 14.2. The molecule has 5 aromatic rings. The van der Waals surface area contributed by atoms with E-state index in [1.807, 2.05) is 48.5 Å². The topological polar surface area (TPSA) is 277 Å². The normalized spacial score (nSPS) is 17.3. The number of rotatable bonds is 29. The van der Waals surface area contributed by atoms with Gasteiger partial charge in [0, 0.05) is 84.8 Å². The molecule has 0 bridgehead atoms. The van der Waals surface area contributed by atoms with Crippen molar-refractivity contribution in [2.24, 2.45) is 5.92 Å². The van der Waals surface area contributed by atoms with Crippen LogP contribution in [0.5, 0.6) is 23.0 Å². The zero-order valence-electron chi connectivity index (χ0n) is 58.1. The number of nitrogens with one attached hydrogen (secondary N) is 3. The van der Waals surface area contributed by atoms with E-state index in [2.05, 4.69) is 59.4 Å². The van der Waals surface area contributed by atoms with Gasteiger partial charge in [-0.05, 0) is 82.6 Å². The van der Waals surface area contributed by atoms with E-state index in [0.717, 1.165) is 44.3 Å². The average molecular weight is 1450 g/mol. The molecule has 30 heteroatoms. The first-order chi connectivity index (χ1) is 47.8. The number of anilines is 3. The maximum atomic E-state index is 15.0. The smallest absolute Gasteiger partial charge is 0.493 e. The fourth-order valence-electron chi connectivity index (χ4n) is 12.2. The van der Waals surface area contributed by atoms with Gasteiger partial charge in [0.15, 0.2) is 23.0 Å². The van der Waals surface area contributed by atoms with Crippen LogP contribution >= 0.6 is 0 Å². The van der Waals surface area contributed by atoms with Gasteiger partial charge in [0.2, 0.25) is 11.8 Å². The van der Waals surface area contributed by atoms with Crippen molar-refractivity contribution in [1.82, 2.24) is 20.4 Å². The van der Waals surface area contributed by atoms with Gasteiger partial charge in [-0.2, -0.15) is 21.6 Å². The quantitative estimate of drug-likeness (QED) is 0.0174. The van der Waals surface area contributed by atoms with Crippen molar-refractivity contribution in [2.75, 3.05) is 75.8 Å². The highest BCUT2D eigenvalue weighted by Crippen LogP contribution is 2.47. The Morgan fingerprint density at radius 1 is 0.614 bits per heavy atom. The third kappa shape index (κ3) is 16.9. The van der Waals surface area contributed by atoms with Gasteiger partial charge in [-0.1, -0.05) is 114 Å². The number of nitrogens with zero attached hydrogens (tertiary/aromatic N) is 4. The molecule has 0 radical (unpaired) electrons. The second-order valence-electron chi connectivity index (χ2n) is 27.9. The Hall–Kier alpha value is -9.24. The van der Waals surface area contributed by atoms with Crippen LogP contribution in [0.2, 0.25) is 51.4 Å². The van der Waals surface area contributed by atoms with Crippen LogP contribution in [0.25, 0.3) is 16.7 Å². The summed E-state index contributed by atoms with van der Waals surface area (Å²) in [6.45, 7) is 18.1. The van der Waals surface area contributed by atoms with Crippen molar-refractivity contribution in [3.05, 3.63) is 143 Å². The second kappa shape index (κ2) is 30.5. The van der Waals surface area contributed by atoms with Crippen LogP contribution < -0.4 is 44.7 Å². The van der Waals surface area contributed by atoms with E-state index < -0.39 is 110 Å². The molecule has 10 rings (SSSR count). The summed E-state index contributed by atoms with van der Waals surface area (Å²) < 4.78 is 110. The number of hydrogen-bond donors (Lipinski definition) is 3. The minimum atomic E-state index is -6.13. The Labute approximate surface area is 586 Å². The average Bonchev–Trinajstić information content (AvgIpc) is 1.63. The Kier molecular flexibility index (Phi) is 22.5. The van der Waals surface area contributed by atoms with Crippen LogP contribution in [-0.4, -0.2) is 166 Å². The second-order valence-corrected chi connectivity index (χ2v) is 40.7. The molecule has 101 heavy (non-hydrogen) atoms. The largest absolute Gasteiger partial charge is 0.534 e. The van der Waals surface area contributed by atoms with Gasteiger partial charge in [-0.3, -0.25) is 43.5 Å². The molecule has 0 aromatic heterocycles. The highest BCUT2D eigenvalue weighted by atomic mass is 32.2. The molecular weight excluding hydrogens is 1370 g/mol. The van der Waals surface area contributed by atoms with E-state index >= 15 is 0 Å². The molecule has 0 saturated heterocycles. The van der Waals surface area contributed by atoms with Crippen LogP contribution in [-0.2, 0) is 47.7 Å². The van der Waals surface area contributed by atoms with Crippen LogP contribution in [0.15, 0.2) is 115 Å². The van der Waals surface area contributed by atoms with Gasteiger partial charge in [0.1, 0.15) is 50.0 Å². The third-order valence-corrected chi connectivity index (χ3v) is 22.2. The summed E-state index contributed by atoms with van der Waals surface area (Å²) in [5, 5.41) is 8.25. The Balaban J connectivity index is 0.793. The summed E-state index contributed by atoms with van der Waals surface area (Å²) in [7, 11) is -6.64. The van der Waals surface area contributed by atoms with Gasteiger partial charge in [-0.25, -0.2) is 4.79 Å². The lowest BCUT2D eigenvalue weighted by atomic mass is 9.98. The van der Waals surface area contributed by atoms with Crippen LogP contribution in [0.1, 0.15) is 83.4 Å². The summed E-state index contributed by atoms with van der Waals surface area (Å²) in [4.78, 5) is 104. The lowest BCUT2D eigenvalue weighted by molar-refractivity contribution is -0.128. The standard InChI is InChI=1S/C71H84F3N7O17SSi2/c1-42(2)63(77-70(88)97-39-54-50-19-14-12-17-48(50)49-18-13-15-20-51(49)54)65(83)75-43(3)64(82)76-46-23-21-44(22-24-46)45-31-57-68(86)80(40-93-27-29-100(6,7)8)55-35-61(59(91-4)33-52(55)66(84)78(57)37-45)95-25-16-26-96-62-36-56-53(34-60(62)92-5)67(85)79-38-47(98-99(89,90)71(72,73)74)32-58(79)69(87)81(56)41-94-28-30-101(9,10)11/h12-15,17-24,33-38,42-43,54,57-58,63H,16,25-32,39-41H2,1-11H3,(H,75,83)(H,76,82)(H,77,88)/t43-,57?,58?,63-/m0/s1. The fraction of sp³-hybridized carbons (Fsp3) is 0.423. The third-order valence-electron chi connectivity index (χ3n) is 17.8. The molecule has 24 nitrogen and oxygen atoms in total. The molecule has 540 valence electrons. The molecule has 1 aliphatic carbocycles. The summed E-state index contributed by atoms with van der Waals surface area (Å²) in [5.74, 6) is -4.49. The number of methoxy groups -OCH3 is 2. The molecular formula is C71H84F3N7O17SSi2. The minimum absolute atomic E-state index is 0.00860. The lowest BCUT2D eigenvalue weighted by Gasteiger charge is -2.27. The molecule has 4 atom stereocenters. The van der Waals surface area contributed by atoms with Crippen molar-refractivity contribution in [3.63, 3.8) is 0 Å². The number of carbonyl (C=O) groups is 7. The summed E-state index contributed by atoms with van der Waals surface area (Å²) in [6.07, 6.45) is 1.28. The van der Waals surface area contributed by atoms with Crippen molar-refractivity contribution in [2.45, 2.75) is 127 Å². The highest BCUT2D eigenvalue weighted by Gasteiger charge is 2.52. The minimum Gasteiger partial charge on any atom is -0.493 e. The van der Waals surface area contributed by atoms with Gasteiger partial charge in [-0.15, -0.1) is 0 Å². The predicted molar refractivity (Wildman–Crippen MR) is 375 cm³/mol. The zero-order valence-corrected chi connectivity index (χ0v) is 60.9. The van der Waals surface area contributed by atoms with E-state index in [9.17, 15) is 55.2 Å². The number of fused-ring (bicyclic) bond motifs is 7. The number of alkyl carbamates (subject to hydrolysis) is 1. The molecule has 0 spiro atoms. The monoisotopic (exact) mass is 1450 g/mol. The summed E-state index contributed by atoms with van der Waals surface area (Å²) >= 11 is 0. The summed E-state index contributed by atoms with van der Waals surface area (Å²) in [6, 6.07) is 25.5. The van der Waals surface area contributed by atoms with Gasteiger partial charge in [0.05, 0.1) is 49.9 Å². The Morgan fingerprint density at radius 2 is 1.11 bits per heavy atom. The van der Waals surface area contributed by atoms with Gasteiger partial charge >= 0.3 is 21.7 Å². The molecule has 7 amide bonds. The van der Waals surface area contributed by atoms with Crippen LogP contribution in [0.4, 0.5) is 35.0 Å². The number of benzene rings is 5. The van der Waals surface area contributed by atoms with Crippen molar-refractivity contribution >= 4 is 90.4 Å². The van der Waals surface area contributed by atoms with Gasteiger partial charge in [0.25, 0.3) is 23.6 Å². The van der Waals surface area contributed by atoms with E-state index in [1.54, 1.807) is 50.4 Å².